The molecule has 1 aliphatic rings. The van der Waals surface area contributed by atoms with E-state index in [4.69, 9.17) is 0 Å². The van der Waals surface area contributed by atoms with Crippen LogP contribution in [-0.2, 0) is 0 Å². The monoisotopic (exact) mass is 362 g/mol. The van der Waals surface area contributed by atoms with Crippen LogP contribution >= 0.6 is 31.9 Å². The van der Waals surface area contributed by atoms with E-state index in [2.05, 4.69) is 45.7 Å². The number of hydrogen-bond donors (Lipinski definition) is 0. The fraction of sp³-hybridized carbons (Fsp3) is 0.571. The zero-order chi connectivity index (χ0) is 12.6. The number of halogens is 3. The van der Waals surface area contributed by atoms with Gasteiger partial charge in [-0.05, 0) is 57.8 Å². The number of rotatable bonds is 2. The van der Waals surface area contributed by atoms with Gasteiger partial charge in [-0.1, -0.05) is 42.3 Å². The first-order valence-electron chi connectivity index (χ1n) is 6.01. The van der Waals surface area contributed by atoms with Gasteiger partial charge in [-0.3, -0.25) is 0 Å². The molecule has 0 radical (unpaired) electrons. The second-order valence-electron chi connectivity index (χ2n) is 5.56. The summed E-state index contributed by atoms with van der Waals surface area (Å²) in [5.41, 5.74) is 1.54. The zero-order valence-electron chi connectivity index (χ0n) is 10.1. The highest BCUT2D eigenvalue weighted by Gasteiger charge is 2.39. The summed E-state index contributed by atoms with van der Waals surface area (Å²) in [6, 6.07) is 5.31. The van der Waals surface area contributed by atoms with Crippen LogP contribution < -0.4 is 0 Å². The standard InChI is InChI=1S/C14H17Br2F/c1-14(2)7-3-4-10(14)13(16)9-5-6-12(17)11(15)8-9/h5-6,8,10,13H,3-4,7H2,1-2H3. The van der Waals surface area contributed by atoms with E-state index in [1.54, 1.807) is 0 Å². The molecule has 1 saturated carbocycles. The molecule has 0 aromatic heterocycles. The maximum absolute atomic E-state index is 13.2. The molecule has 0 nitrogen and oxygen atoms in total. The lowest BCUT2D eigenvalue weighted by atomic mass is 9.78. The Hall–Kier alpha value is 0.110. The van der Waals surface area contributed by atoms with Crippen molar-refractivity contribution in [3.05, 3.63) is 34.1 Å². The van der Waals surface area contributed by atoms with Crippen LogP contribution in [0.4, 0.5) is 4.39 Å². The lowest BCUT2D eigenvalue weighted by Gasteiger charge is -2.31. The molecular formula is C14H17Br2F. The predicted octanol–water partition coefficient (Wildman–Crippen LogP) is 5.85. The fourth-order valence-electron chi connectivity index (χ4n) is 2.81. The van der Waals surface area contributed by atoms with E-state index < -0.39 is 0 Å². The highest BCUT2D eigenvalue weighted by molar-refractivity contribution is 9.10. The summed E-state index contributed by atoms with van der Waals surface area (Å²) < 4.78 is 13.8. The molecule has 2 rings (SSSR count). The van der Waals surface area contributed by atoms with Crippen molar-refractivity contribution in [3.63, 3.8) is 0 Å². The Morgan fingerprint density at radius 1 is 1.41 bits per heavy atom. The molecule has 17 heavy (non-hydrogen) atoms. The van der Waals surface area contributed by atoms with E-state index in [1.165, 1.54) is 30.9 Å². The molecule has 0 spiro atoms. The van der Waals surface area contributed by atoms with Crippen molar-refractivity contribution in [2.24, 2.45) is 11.3 Å². The second kappa shape index (κ2) is 5.00. The van der Waals surface area contributed by atoms with Gasteiger partial charge in [-0.15, -0.1) is 0 Å². The van der Waals surface area contributed by atoms with Gasteiger partial charge in [0.15, 0.2) is 0 Å². The van der Waals surface area contributed by atoms with E-state index in [0.29, 0.717) is 20.6 Å². The summed E-state index contributed by atoms with van der Waals surface area (Å²) in [7, 11) is 0. The lowest BCUT2D eigenvalue weighted by Crippen LogP contribution is -2.21. The van der Waals surface area contributed by atoms with Gasteiger partial charge >= 0.3 is 0 Å². The molecule has 0 saturated heterocycles. The van der Waals surface area contributed by atoms with Crippen molar-refractivity contribution in [1.82, 2.24) is 0 Å². The van der Waals surface area contributed by atoms with Crippen LogP contribution in [0.2, 0.25) is 0 Å². The van der Waals surface area contributed by atoms with Crippen molar-refractivity contribution >= 4 is 31.9 Å². The Morgan fingerprint density at radius 2 is 2.12 bits per heavy atom. The molecule has 0 heterocycles. The van der Waals surface area contributed by atoms with Crippen molar-refractivity contribution in [2.75, 3.05) is 0 Å². The number of hydrogen-bond acceptors (Lipinski definition) is 0. The molecule has 1 aromatic rings. The average molecular weight is 364 g/mol. The van der Waals surface area contributed by atoms with E-state index in [0.717, 1.165) is 0 Å². The first kappa shape index (κ1) is 13.5. The molecular weight excluding hydrogens is 347 g/mol. The van der Waals surface area contributed by atoms with Gasteiger partial charge in [-0.2, -0.15) is 0 Å². The van der Waals surface area contributed by atoms with Crippen LogP contribution in [0.25, 0.3) is 0 Å². The van der Waals surface area contributed by atoms with Crippen LogP contribution in [0.3, 0.4) is 0 Å². The summed E-state index contributed by atoms with van der Waals surface area (Å²) in [4.78, 5) is 0.317. The van der Waals surface area contributed by atoms with E-state index in [9.17, 15) is 4.39 Å². The van der Waals surface area contributed by atoms with Crippen LogP contribution in [0, 0.1) is 17.2 Å². The number of alkyl halides is 1. The number of benzene rings is 1. The molecule has 94 valence electrons. The van der Waals surface area contributed by atoms with Crippen molar-refractivity contribution in [3.8, 4) is 0 Å². The Bertz CT molecular complexity index is 415. The minimum Gasteiger partial charge on any atom is -0.206 e. The Morgan fingerprint density at radius 3 is 2.65 bits per heavy atom. The molecule has 2 atom stereocenters. The Kier molecular flexibility index (Phi) is 3.99. The van der Waals surface area contributed by atoms with E-state index >= 15 is 0 Å². The molecule has 0 amide bonds. The van der Waals surface area contributed by atoms with Crippen molar-refractivity contribution in [2.45, 2.75) is 37.9 Å². The van der Waals surface area contributed by atoms with Crippen molar-refractivity contribution in [1.29, 1.82) is 0 Å². The molecule has 3 heteroatoms. The largest absolute Gasteiger partial charge is 0.206 e. The molecule has 1 fully saturated rings. The summed E-state index contributed by atoms with van der Waals surface area (Å²) in [6.07, 6.45) is 3.82. The summed E-state index contributed by atoms with van der Waals surface area (Å²) in [6.45, 7) is 4.66. The highest BCUT2D eigenvalue weighted by atomic mass is 79.9. The highest BCUT2D eigenvalue weighted by Crippen LogP contribution is 2.52. The van der Waals surface area contributed by atoms with Crippen LogP contribution in [0.5, 0.6) is 0 Å². The SMILES string of the molecule is CC1(C)CCCC1C(Br)c1ccc(F)c(Br)c1. The summed E-state index contributed by atoms with van der Waals surface area (Å²) >= 11 is 7.06. The fourth-order valence-corrected chi connectivity index (χ4v) is 4.47. The molecule has 2 unspecified atom stereocenters. The third kappa shape index (κ3) is 2.76. The van der Waals surface area contributed by atoms with Gasteiger partial charge in [-0.25, -0.2) is 4.39 Å². The first-order chi connectivity index (χ1) is 7.92. The van der Waals surface area contributed by atoms with Crippen LogP contribution in [0.1, 0.15) is 43.5 Å². The molecule has 0 N–H and O–H groups in total. The van der Waals surface area contributed by atoms with Gasteiger partial charge in [0.2, 0.25) is 0 Å². The maximum atomic E-state index is 13.2. The third-order valence-corrected chi connectivity index (χ3v) is 5.73. The van der Waals surface area contributed by atoms with Crippen LogP contribution in [0.15, 0.2) is 22.7 Å². The average Bonchev–Trinajstić information content (AvgIpc) is 2.61. The smallest absolute Gasteiger partial charge is 0.137 e. The normalized spacial score (nSPS) is 24.9. The van der Waals surface area contributed by atoms with Gasteiger partial charge in [0.1, 0.15) is 5.82 Å². The molecule has 1 aliphatic carbocycles. The summed E-state index contributed by atoms with van der Waals surface area (Å²) in [5.74, 6) is 0.430. The topological polar surface area (TPSA) is 0 Å². The van der Waals surface area contributed by atoms with Crippen molar-refractivity contribution < 1.29 is 4.39 Å². The lowest BCUT2D eigenvalue weighted by molar-refractivity contribution is 0.257. The Labute approximate surface area is 119 Å². The molecule has 0 aliphatic heterocycles. The third-order valence-electron chi connectivity index (χ3n) is 3.96. The quantitative estimate of drug-likeness (QED) is 0.578. The zero-order valence-corrected chi connectivity index (χ0v) is 13.3. The first-order valence-corrected chi connectivity index (χ1v) is 7.72. The predicted molar refractivity (Wildman–Crippen MR) is 76.9 cm³/mol. The Balaban J connectivity index is 2.25. The minimum atomic E-state index is -0.195. The second-order valence-corrected chi connectivity index (χ2v) is 7.40. The van der Waals surface area contributed by atoms with Gasteiger partial charge in [0.25, 0.3) is 0 Å². The minimum absolute atomic E-state index is 0.195. The maximum Gasteiger partial charge on any atom is 0.137 e. The van der Waals surface area contributed by atoms with Crippen LogP contribution in [-0.4, -0.2) is 0 Å². The van der Waals surface area contributed by atoms with E-state index in [1.807, 2.05) is 12.1 Å². The van der Waals surface area contributed by atoms with Gasteiger partial charge in [0.05, 0.1) is 4.47 Å². The van der Waals surface area contributed by atoms with Gasteiger partial charge in [0, 0.05) is 4.83 Å². The van der Waals surface area contributed by atoms with Gasteiger partial charge < -0.3 is 0 Å². The van der Waals surface area contributed by atoms with E-state index in [-0.39, 0.29) is 5.82 Å². The molecule has 1 aromatic carbocycles. The molecule has 0 bridgehead atoms. The summed E-state index contributed by atoms with van der Waals surface area (Å²) in [5, 5.41) is 0.